The maximum Gasteiger partial charge on any atom is 0.412 e. The standard InChI is InChI=1S/C15H20F2N2O3/c1-15(2,3)22-14(20)19-11-7-9(6-10(16)13(11)17)12-8-18-4-5-21-12/h6-7,12,18H,4-5,8H2,1-3H3,(H,19,20). The summed E-state index contributed by atoms with van der Waals surface area (Å²) in [6.45, 7) is 6.74. The lowest BCUT2D eigenvalue weighted by atomic mass is 10.1. The molecule has 2 N–H and O–H groups in total. The molecule has 1 aromatic carbocycles. The Balaban J connectivity index is 2.19. The lowest BCUT2D eigenvalue weighted by Crippen LogP contribution is -2.33. The molecule has 1 aliphatic rings. The Kier molecular flexibility index (Phi) is 4.97. The van der Waals surface area contributed by atoms with E-state index in [-0.39, 0.29) is 11.8 Å². The Morgan fingerprint density at radius 1 is 1.41 bits per heavy atom. The summed E-state index contributed by atoms with van der Waals surface area (Å²) in [6.07, 6.45) is -1.23. The first kappa shape index (κ1) is 16.6. The van der Waals surface area contributed by atoms with E-state index in [2.05, 4.69) is 10.6 Å². The molecule has 0 radical (unpaired) electrons. The molecule has 7 heteroatoms. The number of anilines is 1. The highest BCUT2D eigenvalue weighted by Crippen LogP contribution is 2.27. The van der Waals surface area contributed by atoms with E-state index in [0.29, 0.717) is 25.3 Å². The molecule has 1 aliphatic heterocycles. The van der Waals surface area contributed by atoms with Crippen molar-refractivity contribution in [2.45, 2.75) is 32.5 Å². The van der Waals surface area contributed by atoms with Crippen LogP contribution in [0.4, 0.5) is 19.3 Å². The molecule has 0 aliphatic carbocycles. The van der Waals surface area contributed by atoms with Crippen LogP contribution in [0.15, 0.2) is 12.1 Å². The van der Waals surface area contributed by atoms with Crippen molar-refractivity contribution in [2.75, 3.05) is 25.0 Å². The summed E-state index contributed by atoms with van der Waals surface area (Å²) in [4.78, 5) is 11.7. The molecule has 1 saturated heterocycles. The summed E-state index contributed by atoms with van der Waals surface area (Å²) in [5.41, 5.74) is -0.539. The van der Waals surface area contributed by atoms with Crippen molar-refractivity contribution in [3.8, 4) is 0 Å². The van der Waals surface area contributed by atoms with Gasteiger partial charge in [0.2, 0.25) is 0 Å². The van der Waals surface area contributed by atoms with Gasteiger partial charge < -0.3 is 14.8 Å². The molecular formula is C15H20F2N2O3. The number of benzene rings is 1. The summed E-state index contributed by atoms with van der Waals surface area (Å²) in [5.74, 6) is -2.17. The molecule has 5 nitrogen and oxygen atoms in total. The summed E-state index contributed by atoms with van der Waals surface area (Å²) in [6, 6.07) is 2.44. The number of halogens is 2. The van der Waals surface area contributed by atoms with Crippen LogP contribution in [0, 0.1) is 11.6 Å². The van der Waals surface area contributed by atoms with Crippen LogP contribution in [0.2, 0.25) is 0 Å². The third kappa shape index (κ3) is 4.38. The van der Waals surface area contributed by atoms with Crippen LogP contribution in [-0.4, -0.2) is 31.4 Å². The second-order valence-electron chi connectivity index (χ2n) is 6.05. The predicted molar refractivity (Wildman–Crippen MR) is 77.8 cm³/mol. The van der Waals surface area contributed by atoms with Gasteiger partial charge in [-0.2, -0.15) is 0 Å². The number of carbonyl (C=O) groups is 1. The fraction of sp³-hybridized carbons (Fsp3) is 0.533. The lowest BCUT2D eigenvalue weighted by molar-refractivity contribution is 0.0275. The minimum absolute atomic E-state index is 0.265. The largest absolute Gasteiger partial charge is 0.444 e. The van der Waals surface area contributed by atoms with Crippen LogP contribution in [0.25, 0.3) is 0 Å². The predicted octanol–water partition coefficient (Wildman–Crippen LogP) is 2.97. The van der Waals surface area contributed by atoms with E-state index in [9.17, 15) is 13.6 Å². The minimum atomic E-state index is -1.13. The second-order valence-corrected chi connectivity index (χ2v) is 6.05. The van der Waals surface area contributed by atoms with Gasteiger partial charge in [0.05, 0.1) is 18.4 Å². The molecule has 122 valence electrons. The molecule has 1 fully saturated rings. The Bertz CT molecular complexity index is 552. The Hall–Kier alpha value is -1.73. The topological polar surface area (TPSA) is 59.6 Å². The van der Waals surface area contributed by atoms with E-state index in [4.69, 9.17) is 9.47 Å². The fourth-order valence-electron chi connectivity index (χ4n) is 2.08. The first-order valence-electron chi connectivity index (χ1n) is 7.07. The van der Waals surface area contributed by atoms with Crippen molar-refractivity contribution >= 4 is 11.8 Å². The highest BCUT2D eigenvalue weighted by atomic mass is 19.2. The van der Waals surface area contributed by atoms with Gasteiger partial charge in [-0.15, -0.1) is 0 Å². The maximum atomic E-state index is 13.8. The van der Waals surface area contributed by atoms with E-state index in [1.807, 2.05) is 0 Å². The normalized spacial score (nSPS) is 18.9. The van der Waals surface area contributed by atoms with Crippen LogP contribution in [0.5, 0.6) is 0 Å². The average Bonchev–Trinajstić information content (AvgIpc) is 2.42. The van der Waals surface area contributed by atoms with Crippen LogP contribution >= 0.6 is 0 Å². The molecule has 1 unspecified atom stereocenters. The van der Waals surface area contributed by atoms with Crippen LogP contribution in [0.3, 0.4) is 0 Å². The zero-order chi connectivity index (χ0) is 16.3. The van der Waals surface area contributed by atoms with Gasteiger partial charge in [-0.05, 0) is 38.5 Å². The molecule has 0 bridgehead atoms. The third-order valence-electron chi connectivity index (χ3n) is 2.99. The number of morpholine rings is 1. The van der Waals surface area contributed by atoms with Gasteiger partial charge in [0.25, 0.3) is 0 Å². The van der Waals surface area contributed by atoms with Gasteiger partial charge in [0.15, 0.2) is 11.6 Å². The lowest BCUT2D eigenvalue weighted by Gasteiger charge is -2.25. The number of hydrogen-bond donors (Lipinski definition) is 2. The molecule has 1 aromatic rings. The summed E-state index contributed by atoms with van der Waals surface area (Å²) in [7, 11) is 0. The van der Waals surface area contributed by atoms with Gasteiger partial charge in [0.1, 0.15) is 5.60 Å². The summed E-state index contributed by atoms with van der Waals surface area (Å²) >= 11 is 0. The number of amides is 1. The quantitative estimate of drug-likeness (QED) is 0.881. The van der Waals surface area contributed by atoms with Crippen LogP contribution in [0.1, 0.15) is 32.4 Å². The van der Waals surface area contributed by atoms with Crippen molar-refractivity contribution in [1.82, 2.24) is 5.32 Å². The SMILES string of the molecule is CC(C)(C)OC(=O)Nc1cc(C2CNCCO2)cc(F)c1F. The summed E-state index contributed by atoms with van der Waals surface area (Å²) < 4.78 is 38.1. The third-order valence-corrected chi connectivity index (χ3v) is 2.99. The van der Waals surface area contributed by atoms with E-state index in [0.717, 1.165) is 6.07 Å². The molecular weight excluding hydrogens is 294 g/mol. The molecule has 1 heterocycles. The molecule has 22 heavy (non-hydrogen) atoms. The average molecular weight is 314 g/mol. The number of hydrogen-bond acceptors (Lipinski definition) is 4. The first-order chi connectivity index (χ1) is 10.3. The molecule has 1 atom stereocenters. The number of nitrogens with one attached hydrogen (secondary N) is 2. The summed E-state index contributed by atoms with van der Waals surface area (Å²) in [5, 5.41) is 5.34. The van der Waals surface area contributed by atoms with Crippen LogP contribution in [-0.2, 0) is 9.47 Å². The molecule has 0 aromatic heterocycles. The van der Waals surface area contributed by atoms with Gasteiger partial charge >= 0.3 is 6.09 Å². The Morgan fingerprint density at radius 3 is 2.73 bits per heavy atom. The highest BCUT2D eigenvalue weighted by molar-refractivity contribution is 5.85. The van der Waals surface area contributed by atoms with Crippen molar-refractivity contribution in [3.05, 3.63) is 29.3 Å². The molecule has 0 saturated carbocycles. The van der Waals surface area contributed by atoms with Crippen molar-refractivity contribution in [1.29, 1.82) is 0 Å². The zero-order valence-corrected chi connectivity index (χ0v) is 12.8. The van der Waals surface area contributed by atoms with E-state index >= 15 is 0 Å². The zero-order valence-electron chi connectivity index (χ0n) is 12.8. The van der Waals surface area contributed by atoms with Crippen molar-refractivity contribution in [3.63, 3.8) is 0 Å². The molecule has 0 spiro atoms. The monoisotopic (exact) mass is 314 g/mol. The molecule has 2 rings (SSSR count). The van der Waals surface area contributed by atoms with E-state index in [1.165, 1.54) is 6.07 Å². The Morgan fingerprint density at radius 2 is 2.14 bits per heavy atom. The van der Waals surface area contributed by atoms with Crippen molar-refractivity contribution in [2.24, 2.45) is 0 Å². The highest BCUT2D eigenvalue weighted by Gasteiger charge is 2.22. The molecule has 1 amide bonds. The number of ether oxygens (including phenoxy) is 2. The van der Waals surface area contributed by atoms with Gasteiger partial charge in [-0.3, -0.25) is 5.32 Å². The maximum absolute atomic E-state index is 13.8. The first-order valence-corrected chi connectivity index (χ1v) is 7.07. The van der Waals surface area contributed by atoms with Crippen LogP contribution < -0.4 is 10.6 Å². The van der Waals surface area contributed by atoms with E-state index < -0.39 is 23.3 Å². The number of carbonyl (C=O) groups excluding carboxylic acids is 1. The number of rotatable bonds is 2. The van der Waals surface area contributed by atoms with Gasteiger partial charge in [0, 0.05) is 13.1 Å². The van der Waals surface area contributed by atoms with Gasteiger partial charge in [-0.1, -0.05) is 0 Å². The van der Waals surface area contributed by atoms with Gasteiger partial charge in [-0.25, -0.2) is 13.6 Å². The fourth-order valence-corrected chi connectivity index (χ4v) is 2.08. The smallest absolute Gasteiger partial charge is 0.412 e. The second kappa shape index (κ2) is 6.58. The Labute approximate surface area is 128 Å². The minimum Gasteiger partial charge on any atom is -0.444 e. The van der Waals surface area contributed by atoms with Crippen molar-refractivity contribution < 1.29 is 23.0 Å². The van der Waals surface area contributed by atoms with E-state index in [1.54, 1.807) is 20.8 Å².